The summed E-state index contributed by atoms with van der Waals surface area (Å²) in [5.41, 5.74) is 6.11. The van der Waals surface area contributed by atoms with E-state index in [-0.39, 0.29) is 5.75 Å². The van der Waals surface area contributed by atoms with E-state index in [4.69, 9.17) is 10.5 Å². The van der Waals surface area contributed by atoms with Gasteiger partial charge in [-0.15, -0.1) is 0 Å². The van der Waals surface area contributed by atoms with E-state index in [0.29, 0.717) is 11.3 Å². The lowest BCUT2D eigenvalue weighted by atomic mass is 10.1. The van der Waals surface area contributed by atoms with Gasteiger partial charge in [-0.25, -0.2) is 0 Å². The molecular weight excluding hydrogens is 198 g/mol. The molecule has 0 bridgehead atoms. The number of phenolic OH excluding ortho intramolecular Hbond substituents is 1. The zero-order valence-corrected chi connectivity index (χ0v) is 8.56. The lowest BCUT2D eigenvalue weighted by Crippen LogP contribution is -2.23. The summed E-state index contributed by atoms with van der Waals surface area (Å²) in [7, 11) is 2.69. The van der Waals surface area contributed by atoms with Gasteiger partial charge in [-0.1, -0.05) is 0 Å². The Hall–Kier alpha value is -1.75. The van der Waals surface area contributed by atoms with Crippen LogP contribution in [0.1, 0.15) is 11.6 Å². The van der Waals surface area contributed by atoms with E-state index in [2.05, 4.69) is 4.74 Å². The van der Waals surface area contributed by atoms with Crippen LogP contribution in [-0.2, 0) is 9.53 Å². The zero-order chi connectivity index (χ0) is 11.4. The van der Waals surface area contributed by atoms with Gasteiger partial charge in [0, 0.05) is 11.6 Å². The SMILES string of the molecule is COC(=O)[C@@H](N)c1ccc(O)cc1OC. The lowest BCUT2D eigenvalue weighted by molar-refractivity contribution is -0.142. The maximum Gasteiger partial charge on any atom is 0.327 e. The smallest absolute Gasteiger partial charge is 0.327 e. The minimum Gasteiger partial charge on any atom is -0.508 e. The highest BCUT2D eigenvalue weighted by atomic mass is 16.5. The molecule has 82 valence electrons. The van der Waals surface area contributed by atoms with Crippen LogP contribution >= 0.6 is 0 Å². The van der Waals surface area contributed by atoms with Crippen molar-refractivity contribution in [2.24, 2.45) is 5.73 Å². The van der Waals surface area contributed by atoms with Crippen LogP contribution in [0.5, 0.6) is 11.5 Å². The van der Waals surface area contributed by atoms with Crippen molar-refractivity contribution in [1.82, 2.24) is 0 Å². The number of carbonyl (C=O) groups is 1. The molecule has 0 fully saturated rings. The number of rotatable bonds is 3. The van der Waals surface area contributed by atoms with Gasteiger partial charge in [0.25, 0.3) is 0 Å². The fourth-order valence-corrected chi connectivity index (χ4v) is 1.21. The van der Waals surface area contributed by atoms with Crippen LogP contribution in [0.3, 0.4) is 0 Å². The summed E-state index contributed by atoms with van der Waals surface area (Å²) in [6.45, 7) is 0. The van der Waals surface area contributed by atoms with E-state index < -0.39 is 12.0 Å². The highest BCUT2D eigenvalue weighted by molar-refractivity contribution is 5.78. The van der Waals surface area contributed by atoms with E-state index in [9.17, 15) is 9.90 Å². The van der Waals surface area contributed by atoms with Gasteiger partial charge in [0.2, 0.25) is 0 Å². The number of nitrogens with two attached hydrogens (primary N) is 1. The molecule has 0 amide bonds. The Morgan fingerprint density at radius 3 is 2.67 bits per heavy atom. The van der Waals surface area contributed by atoms with Crippen molar-refractivity contribution in [2.45, 2.75) is 6.04 Å². The minimum absolute atomic E-state index is 0.0488. The molecule has 5 heteroatoms. The Morgan fingerprint density at radius 1 is 1.47 bits per heavy atom. The second-order valence-electron chi connectivity index (χ2n) is 2.93. The minimum atomic E-state index is -0.912. The molecule has 1 atom stereocenters. The Labute approximate surface area is 87.4 Å². The molecular formula is C10H13NO4. The average molecular weight is 211 g/mol. The monoisotopic (exact) mass is 211 g/mol. The molecule has 0 spiro atoms. The Balaban J connectivity index is 3.07. The largest absolute Gasteiger partial charge is 0.508 e. The first kappa shape index (κ1) is 11.3. The summed E-state index contributed by atoms with van der Waals surface area (Å²) in [5.74, 6) is -0.153. The number of benzene rings is 1. The maximum atomic E-state index is 11.2. The molecule has 0 unspecified atom stereocenters. The summed E-state index contributed by atoms with van der Waals surface area (Å²) < 4.78 is 9.51. The van der Waals surface area contributed by atoms with Gasteiger partial charge in [-0.3, -0.25) is 4.79 Å². The molecule has 1 rings (SSSR count). The van der Waals surface area contributed by atoms with E-state index >= 15 is 0 Å². The standard InChI is InChI=1S/C10H13NO4/c1-14-8-5-6(12)3-4-7(8)9(11)10(13)15-2/h3-5,9,12H,11H2,1-2H3/t9-/m0/s1. The summed E-state index contributed by atoms with van der Waals surface area (Å²) in [6, 6.07) is 3.43. The van der Waals surface area contributed by atoms with Crippen molar-refractivity contribution in [1.29, 1.82) is 0 Å². The van der Waals surface area contributed by atoms with Crippen molar-refractivity contribution in [3.8, 4) is 11.5 Å². The number of methoxy groups -OCH3 is 2. The molecule has 0 aromatic heterocycles. The summed E-state index contributed by atoms with van der Waals surface area (Å²) in [6.07, 6.45) is 0. The third kappa shape index (κ3) is 2.38. The van der Waals surface area contributed by atoms with Crippen LogP contribution in [0.25, 0.3) is 0 Å². The number of hydrogen-bond donors (Lipinski definition) is 2. The predicted molar refractivity (Wildman–Crippen MR) is 53.6 cm³/mol. The summed E-state index contributed by atoms with van der Waals surface area (Å²) in [5, 5.41) is 9.21. The quantitative estimate of drug-likeness (QED) is 0.714. The topological polar surface area (TPSA) is 81.8 Å². The van der Waals surface area contributed by atoms with Crippen LogP contribution in [0, 0.1) is 0 Å². The van der Waals surface area contributed by atoms with Crippen LogP contribution < -0.4 is 10.5 Å². The van der Waals surface area contributed by atoms with Crippen LogP contribution in [-0.4, -0.2) is 25.3 Å². The zero-order valence-electron chi connectivity index (χ0n) is 8.56. The number of ether oxygens (including phenoxy) is 2. The van der Waals surface area contributed by atoms with Crippen molar-refractivity contribution in [3.05, 3.63) is 23.8 Å². The summed E-state index contributed by atoms with van der Waals surface area (Å²) in [4.78, 5) is 11.2. The molecule has 0 saturated heterocycles. The van der Waals surface area contributed by atoms with Crippen molar-refractivity contribution >= 4 is 5.97 Å². The predicted octanol–water partition coefficient (Wildman–Crippen LogP) is 0.574. The highest BCUT2D eigenvalue weighted by Crippen LogP contribution is 2.28. The van der Waals surface area contributed by atoms with E-state index in [1.165, 1.54) is 32.4 Å². The van der Waals surface area contributed by atoms with Crippen molar-refractivity contribution in [2.75, 3.05) is 14.2 Å². The third-order valence-electron chi connectivity index (χ3n) is 2.01. The second kappa shape index (κ2) is 4.65. The van der Waals surface area contributed by atoms with Crippen LogP contribution in [0.2, 0.25) is 0 Å². The fourth-order valence-electron chi connectivity index (χ4n) is 1.21. The lowest BCUT2D eigenvalue weighted by Gasteiger charge is -2.13. The first-order chi connectivity index (χ1) is 7.10. The van der Waals surface area contributed by atoms with Crippen LogP contribution in [0.4, 0.5) is 0 Å². The van der Waals surface area contributed by atoms with E-state index in [1.54, 1.807) is 0 Å². The van der Waals surface area contributed by atoms with Crippen molar-refractivity contribution < 1.29 is 19.4 Å². The van der Waals surface area contributed by atoms with Gasteiger partial charge in [-0.05, 0) is 12.1 Å². The number of aromatic hydroxyl groups is 1. The third-order valence-corrected chi connectivity index (χ3v) is 2.01. The molecule has 0 radical (unpaired) electrons. The summed E-state index contributed by atoms with van der Waals surface area (Å²) >= 11 is 0. The average Bonchev–Trinajstić information content (AvgIpc) is 2.26. The number of phenols is 1. The van der Waals surface area contributed by atoms with Gasteiger partial charge >= 0.3 is 5.97 Å². The van der Waals surface area contributed by atoms with Gasteiger partial charge in [0.15, 0.2) is 0 Å². The molecule has 0 aliphatic rings. The highest BCUT2D eigenvalue weighted by Gasteiger charge is 2.20. The van der Waals surface area contributed by atoms with Gasteiger partial charge in [0.1, 0.15) is 17.5 Å². The first-order valence-electron chi connectivity index (χ1n) is 4.30. The molecule has 1 aromatic carbocycles. The molecule has 0 aliphatic heterocycles. The second-order valence-corrected chi connectivity index (χ2v) is 2.93. The van der Waals surface area contributed by atoms with Crippen LogP contribution in [0.15, 0.2) is 18.2 Å². The van der Waals surface area contributed by atoms with Gasteiger partial charge in [0.05, 0.1) is 14.2 Å². The number of carbonyl (C=O) groups excluding carboxylic acids is 1. The fraction of sp³-hybridized carbons (Fsp3) is 0.300. The maximum absolute atomic E-state index is 11.2. The first-order valence-corrected chi connectivity index (χ1v) is 4.30. The van der Waals surface area contributed by atoms with Crippen molar-refractivity contribution in [3.63, 3.8) is 0 Å². The van der Waals surface area contributed by atoms with E-state index in [0.717, 1.165) is 0 Å². The Bertz CT molecular complexity index is 364. The molecule has 0 heterocycles. The van der Waals surface area contributed by atoms with Gasteiger partial charge < -0.3 is 20.3 Å². The Morgan fingerprint density at radius 2 is 2.13 bits per heavy atom. The normalized spacial score (nSPS) is 11.9. The molecule has 0 aliphatic carbocycles. The Kier molecular flexibility index (Phi) is 3.51. The molecule has 1 aromatic rings. The molecule has 5 nitrogen and oxygen atoms in total. The molecule has 3 N–H and O–H groups in total. The van der Waals surface area contributed by atoms with E-state index in [1.807, 2.05) is 0 Å². The number of hydrogen-bond acceptors (Lipinski definition) is 5. The number of esters is 1. The van der Waals surface area contributed by atoms with Gasteiger partial charge in [-0.2, -0.15) is 0 Å². The molecule has 0 saturated carbocycles. The molecule has 15 heavy (non-hydrogen) atoms.